The molecule has 0 aliphatic carbocycles. The smallest absolute Gasteiger partial charge is 0.356 e. The second-order valence-electron chi connectivity index (χ2n) is 2.05. The maximum atomic E-state index is 10.4. The molecule has 64 valence electrons. The number of aliphatic hydroxyl groups excluding tert-OH is 1. The zero-order valence-corrected chi connectivity index (χ0v) is 6.06. The van der Waals surface area contributed by atoms with E-state index in [1.807, 2.05) is 0 Å². The van der Waals surface area contributed by atoms with Crippen LogP contribution in [0.1, 0.15) is 16.3 Å². The Hall–Kier alpha value is -1.69. The van der Waals surface area contributed by atoms with Crippen molar-refractivity contribution in [3.8, 4) is 0 Å². The first-order chi connectivity index (χ1) is 5.65. The van der Waals surface area contributed by atoms with Crippen LogP contribution in [-0.4, -0.2) is 26.2 Å². The number of carboxylic acid groups (broad SMARTS) is 1. The van der Waals surface area contributed by atoms with Crippen LogP contribution in [0.25, 0.3) is 0 Å². The van der Waals surface area contributed by atoms with Gasteiger partial charge in [0.15, 0.2) is 11.5 Å². The van der Waals surface area contributed by atoms with Gasteiger partial charge in [0, 0.05) is 0 Å². The molecule has 0 aromatic carbocycles. The van der Waals surface area contributed by atoms with E-state index in [-0.39, 0.29) is 17.2 Å². The Morgan fingerprint density at radius 1 is 1.67 bits per heavy atom. The van der Waals surface area contributed by atoms with E-state index in [4.69, 9.17) is 15.9 Å². The van der Waals surface area contributed by atoms with Crippen molar-refractivity contribution in [2.24, 2.45) is 0 Å². The van der Waals surface area contributed by atoms with E-state index in [1.54, 1.807) is 0 Å². The van der Waals surface area contributed by atoms with Crippen LogP contribution in [0.3, 0.4) is 0 Å². The second kappa shape index (κ2) is 3.14. The maximum absolute atomic E-state index is 10.4. The monoisotopic (exact) mass is 169 g/mol. The molecule has 1 heterocycles. The number of nitrogens with zero attached hydrogens (tertiary/aromatic N) is 2. The van der Waals surface area contributed by atoms with Gasteiger partial charge in [-0.15, -0.1) is 0 Å². The van der Waals surface area contributed by atoms with E-state index in [9.17, 15) is 4.79 Å². The molecule has 0 atom stereocenters. The number of hydrogen-bond donors (Lipinski definition) is 3. The van der Waals surface area contributed by atoms with Crippen molar-refractivity contribution in [1.29, 1.82) is 0 Å². The quantitative estimate of drug-likeness (QED) is 0.537. The van der Waals surface area contributed by atoms with Crippen molar-refractivity contribution in [1.82, 2.24) is 9.97 Å². The summed E-state index contributed by atoms with van der Waals surface area (Å²) >= 11 is 0. The molecule has 0 aliphatic heterocycles. The van der Waals surface area contributed by atoms with E-state index in [1.165, 1.54) is 0 Å². The predicted molar refractivity (Wildman–Crippen MR) is 39.3 cm³/mol. The summed E-state index contributed by atoms with van der Waals surface area (Å²) in [5.74, 6) is -1.19. The van der Waals surface area contributed by atoms with Crippen LogP contribution in [0.15, 0.2) is 6.20 Å². The summed E-state index contributed by atoms with van der Waals surface area (Å²) in [6.45, 7) is -0.402. The normalized spacial score (nSPS) is 9.75. The lowest BCUT2D eigenvalue weighted by Crippen LogP contribution is -2.09. The molecule has 6 nitrogen and oxygen atoms in total. The van der Waals surface area contributed by atoms with Gasteiger partial charge < -0.3 is 15.9 Å². The van der Waals surface area contributed by atoms with Gasteiger partial charge in [0.2, 0.25) is 0 Å². The fraction of sp³-hybridized carbons (Fsp3) is 0.167. The Balaban J connectivity index is 3.17. The molecular weight excluding hydrogens is 162 g/mol. The molecule has 1 aromatic rings. The van der Waals surface area contributed by atoms with Crippen molar-refractivity contribution in [2.45, 2.75) is 6.61 Å². The summed E-state index contributed by atoms with van der Waals surface area (Å²) in [5.41, 5.74) is 4.96. The first kappa shape index (κ1) is 8.41. The van der Waals surface area contributed by atoms with Gasteiger partial charge >= 0.3 is 5.97 Å². The first-order valence-electron chi connectivity index (χ1n) is 3.10. The lowest BCUT2D eigenvalue weighted by molar-refractivity contribution is 0.0691. The highest BCUT2D eigenvalue weighted by atomic mass is 16.4. The summed E-state index contributed by atoms with van der Waals surface area (Å²) < 4.78 is 0. The fourth-order valence-corrected chi connectivity index (χ4v) is 0.675. The minimum Gasteiger partial charge on any atom is -0.476 e. The average molecular weight is 169 g/mol. The van der Waals surface area contributed by atoms with E-state index >= 15 is 0 Å². The molecule has 0 saturated heterocycles. The molecule has 0 fully saturated rings. The van der Waals surface area contributed by atoms with Crippen LogP contribution in [0.4, 0.5) is 5.69 Å². The lowest BCUT2D eigenvalue weighted by Gasteiger charge is -1.99. The molecule has 0 unspecified atom stereocenters. The zero-order valence-electron chi connectivity index (χ0n) is 6.06. The van der Waals surface area contributed by atoms with Crippen molar-refractivity contribution in [2.75, 3.05) is 5.73 Å². The Labute approximate surface area is 67.7 Å². The van der Waals surface area contributed by atoms with Gasteiger partial charge in [0.05, 0.1) is 11.9 Å². The average Bonchev–Trinajstić information content (AvgIpc) is 2.05. The third-order valence-corrected chi connectivity index (χ3v) is 1.21. The van der Waals surface area contributed by atoms with Crippen molar-refractivity contribution in [3.05, 3.63) is 17.7 Å². The summed E-state index contributed by atoms with van der Waals surface area (Å²) in [5, 5.41) is 17.1. The third-order valence-electron chi connectivity index (χ3n) is 1.21. The van der Waals surface area contributed by atoms with Crippen LogP contribution >= 0.6 is 0 Å². The summed E-state index contributed by atoms with van der Waals surface area (Å²) in [6, 6.07) is 0. The zero-order chi connectivity index (χ0) is 9.14. The molecular formula is C6H7N3O3. The molecule has 0 bridgehead atoms. The predicted octanol–water partition coefficient (Wildman–Crippen LogP) is -0.751. The Morgan fingerprint density at radius 2 is 2.33 bits per heavy atom. The number of carbonyl (C=O) groups is 1. The summed E-state index contributed by atoms with van der Waals surface area (Å²) in [4.78, 5) is 17.5. The van der Waals surface area contributed by atoms with Gasteiger partial charge in [-0.2, -0.15) is 0 Å². The third kappa shape index (κ3) is 1.48. The Kier molecular flexibility index (Phi) is 2.20. The van der Waals surface area contributed by atoms with E-state index in [2.05, 4.69) is 9.97 Å². The molecule has 1 rings (SSSR count). The van der Waals surface area contributed by atoms with E-state index in [0.29, 0.717) is 0 Å². The van der Waals surface area contributed by atoms with Crippen molar-refractivity contribution in [3.63, 3.8) is 0 Å². The summed E-state index contributed by atoms with van der Waals surface area (Å²) in [6.07, 6.45) is 1.15. The maximum Gasteiger partial charge on any atom is 0.356 e. The van der Waals surface area contributed by atoms with Crippen LogP contribution in [0, 0.1) is 0 Å². The highest BCUT2D eigenvalue weighted by Gasteiger charge is 2.10. The van der Waals surface area contributed by atoms with Crippen LogP contribution < -0.4 is 5.73 Å². The van der Waals surface area contributed by atoms with Crippen LogP contribution in [-0.2, 0) is 6.61 Å². The SMILES string of the molecule is Nc1cnc(CO)nc1C(=O)O. The molecule has 6 heteroatoms. The fourth-order valence-electron chi connectivity index (χ4n) is 0.675. The number of nitrogens with two attached hydrogens (primary N) is 1. The van der Waals surface area contributed by atoms with Crippen molar-refractivity contribution < 1.29 is 15.0 Å². The van der Waals surface area contributed by atoms with Crippen molar-refractivity contribution >= 4 is 11.7 Å². The molecule has 4 N–H and O–H groups in total. The van der Waals surface area contributed by atoms with E-state index < -0.39 is 12.6 Å². The topological polar surface area (TPSA) is 109 Å². The minimum atomic E-state index is -1.23. The van der Waals surface area contributed by atoms with Crippen LogP contribution in [0.2, 0.25) is 0 Å². The molecule has 1 aromatic heterocycles. The van der Waals surface area contributed by atoms with Gasteiger partial charge in [0.1, 0.15) is 6.61 Å². The standard InChI is InChI=1S/C6H7N3O3/c7-3-1-8-4(2-10)9-5(3)6(11)12/h1,10H,2,7H2,(H,11,12). The Bertz CT molecular complexity index is 313. The van der Waals surface area contributed by atoms with E-state index in [0.717, 1.165) is 6.20 Å². The number of nitrogen functional groups attached to an aromatic ring is 1. The molecule has 0 spiro atoms. The summed E-state index contributed by atoms with van der Waals surface area (Å²) in [7, 11) is 0. The number of hydrogen-bond acceptors (Lipinski definition) is 5. The first-order valence-corrected chi connectivity index (χ1v) is 3.10. The highest BCUT2D eigenvalue weighted by Crippen LogP contribution is 2.06. The van der Waals surface area contributed by atoms with Gasteiger partial charge in [0.25, 0.3) is 0 Å². The molecule has 12 heavy (non-hydrogen) atoms. The number of aromatic nitrogens is 2. The molecule has 0 amide bonds. The van der Waals surface area contributed by atoms with Crippen LogP contribution in [0.5, 0.6) is 0 Å². The van der Waals surface area contributed by atoms with Gasteiger partial charge in [-0.3, -0.25) is 0 Å². The van der Waals surface area contributed by atoms with Gasteiger partial charge in [-0.1, -0.05) is 0 Å². The molecule has 0 aliphatic rings. The van der Waals surface area contributed by atoms with Gasteiger partial charge in [-0.05, 0) is 0 Å². The molecule has 0 saturated carbocycles. The lowest BCUT2D eigenvalue weighted by atomic mass is 10.3. The largest absolute Gasteiger partial charge is 0.476 e. The Morgan fingerprint density at radius 3 is 2.83 bits per heavy atom. The number of aliphatic hydroxyl groups is 1. The number of aromatic carboxylic acids is 1. The number of anilines is 1. The van der Waals surface area contributed by atoms with Gasteiger partial charge in [-0.25, -0.2) is 14.8 Å². The number of rotatable bonds is 2. The number of carboxylic acids is 1. The highest BCUT2D eigenvalue weighted by molar-refractivity contribution is 5.90. The molecule has 0 radical (unpaired) electrons. The second-order valence-corrected chi connectivity index (χ2v) is 2.05. The minimum absolute atomic E-state index is 0.0142.